The van der Waals surface area contributed by atoms with Crippen molar-refractivity contribution >= 4 is 34.7 Å². The molecule has 4 rings (SSSR count). The van der Waals surface area contributed by atoms with Crippen molar-refractivity contribution in [1.82, 2.24) is 4.98 Å². The van der Waals surface area contributed by atoms with E-state index < -0.39 is 17.7 Å². The van der Waals surface area contributed by atoms with Crippen LogP contribution < -0.4 is 4.90 Å². The maximum absolute atomic E-state index is 13.2. The van der Waals surface area contributed by atoms with Crippen LogP contribution in [0.15, 0.2) is 66.4 Å². The summed E-state index contributed by atoms with van der Waals surface area (Å²) < 4.78 is 0. The molecule has 0 aliphatic carbocycles. The van der Waals surface area contributed by atoms with Crippen molar-refractivity contribution in [3.8, 4) is 0 Å². The molecule has 1 N–H and O–H groups in total. The topological polar surface area (TPSA) is 70.5 Å². The number of aliphatic hydroxyl groups excluding tert-OH is 1. The fourth-order valence-corrected chi connectivity index (χ4v) is 4.04. The molecule has 3 aromatic rings. The van der Waals surface area contributed by atoms with E-state index in [2.05, 4.69) is 4.98 Å². The Morgan fingerprint density at radius 2 is 1.74 bits per heavy atom. The molecule has 1 saturated heterocycles. The standard InChI is InChI=1S/C25H21ClN2O3/c1-14-7-8-15(2)18(12-14)23(29)21-22(19-6-4-5-11-27-19)28(25(31)24(21)30)20-13-17(26)10-9-16(20)3/h4-13,22,29H,1-3H3/b23-21+. The van der Waals surface area contributed by atoms with Crippen molar-refractivity contribution in [2.75, 3.05) is 4.90 Å². The van der Waals surface area contributed by atoms with Gasteiger partial charge in [0.05, 0.1) is 11.3 Å². The molecule has 156 valence electrons. The summed E-state index contributed by atoms with van der Waals surface area (Å²) >= 11 is 6.21. The minimum atomic E-state index is -0.877. The quantitative estimate of drug-likeness (QED) is 0.347. The van der Waals surface area contributed by atoms with Gasteiger partial charge in [-0.25, -0.2) is 0 Å². The third kappa shape index (κ3) is 3.62. The summed E-state index contributed by atoms with van der Waals surface area (Å²) in [7, 11) is 0. The fraction of sp³-hybridized carbons (Fsp3) is 0.160. The summed E-state index contributed by atoms with van der Waals surface area (Å²) in [5.41, 5.74) is 4.02. The van der Waals surface area contributed by atoms with Crippen LogP contribution in [0.2, 0.25) is 5.02 Å². The molecule has 2 heterocycles. The van der Waals surface area contributed by atoms with Gasteiger partial charge in [-0.05, 0) is 62.2 Å². The SMILES string of the molecule is Cc1ccc(C)c(/C(O)=C2\C(=O)C(=O)N(c3cc(Cl)ccc3C)C2c2ccccn2)c1. The number of aryl methyl sites for hydroxylation is 3. The number of ketones is 1. The number of hydrogen-bond acceptors (Lipinski definition) is 4. The van der Waals surface area contributed by atoms with E-state index >= 15 is 0 Å². The molecular formula is C25H21ClN2O3. The van der Waals surface area contributed by atoms with E-state index in [0.29, 0.717) is 22.0 Å². The number of amides is 1. The minimum absolute atomic E-state index is 0.0109. The van der Waals surface area contributed by atoms with Gasteiger partial charge in [-0.1, -0.05) is 41.4 Å². The van der Waals surface area contributed by atoms with Gasteiger partial charge in [0.1, 0.15) is 11.8 Å². The fourth-order valence-electron chi connectivity index (χ4n) is 3.88. The van der Waals surface area contributed by atoms with Crippen LogP contribution in [0, 0.1) is 20.8 Å². The van der Waals surface area contributed by atoms with E-state index in [0.717, 1.165) is 16.7 Å². The van der Waals surface area contributed by atoms with Crippen LogP contribution in [0.4, 0.5) is 5.69 Å². The van der Waals surface area contributed by atoms with Crippen molar-refractivity contribution in [2.24, 2.45) is 0 Å². The number of carbonyl (C=O) groups excluding carboxylic acids is 2. The summed E-state index contributed by atoms with van der Waals surface area (Å²) in [6.07, 6.45) is 1.60. The molecule has 6 heteroatoms. The number of halogens is 1. The van der Waals surface area contributed by atoms with Crippen LogP contribution in [-0.4, -0.2) is 21.8 Å². The second kappa shape index (κ2) is 8.00. The Morgan fingerprint density at radius 3 is 2.45 bits per heavy atom. The lowest BCUT2D eigenvalue weighted by Gasteiger charge is -2.26. The van der Waals surface area contributed by atoms with Crippen LogP contribution >= 0.6 is 11.6 Å². The van der Waals surface area contributed by atoms with E-state index in [9.17, 15) is 14.7 Å². The maximum Gasteiger partial charge on any atom is 0.300 e. The number of hydrogen-bond donors (Lipinski definition) is 1. The Bertz CT molecular complexity index is 1230. The molecule has 1 amide bonds. The average Bonchev–Trinajstić information content (AvgIpc) is 3.02. The average molecular weight is 433 g/mol. The van der Waals surface area contributed by atoms with Crippen molar-refractivity contribution in [3.63, 3.8) is 0 Å². The monoisotopic (exact) mass is 432 g/mol. The van der Waals surface area contributed by atoms with E-state index in [4.69, 9.17) is 11.6 Å². The molecule has 0 bridgehead atoms. The lowest BCUT2D eigenvalue weighted by Crippen LogP contribution is -2.30. The van der Waals surface area contributed by atoms with Crippen molar-refractivity contribution in [2.45, 2.75) is 26.8 Å². The molecule has 1 aromatic heterocycles. The van der Waals surface area contributed by atoms with Crippen molar-refractivity contribution < 1.29 is 14.7 Å². The van der Waals surface area contributed by atoms with E-state index in [-0.39, 0.29) is 11.3 Å². The predicted molar refractivity (Wildman–Crippen MR) is 121 cm³/mol. The first-order chi connectivity index (χ1) is 14.8. The van der Waals surface area contributed by atoms with Crippen LogP contribution in [0.25, 0.3) is 5.76 Å². The van der Waals surface area contributed by atoms with Gasteiger partial charge in [-0.2, -0.15) is 0 Å². The van der Waals surface area contributed by atoms with Gasteiger partial charge in [0.25, 0.3) is 11.7 Å². The van der Waals surface area contributed by atoms with E-state index in [1.807, 2.05) is 32.9 Å². The highest BCUT2D eigenvalue weighted by Gasteiger charge is 2.48. The first-order valence-corrected chi connectivity index (χ1v) is 10.2. The summed E-state index contributed by atoms with van der Waals surface area (Å²) in [6, 6.07) is 15.2. The molecule has 2 aromatic carbocycles. The van der Waals surface area contributed by atoms with Crippen LogP contribution in [0.5, 0.6) is 0 Å². The molecule has 31 heavy (non-hydrogen) atoms. The van der Waals surface area contributed by atoms with Crippen LogP contribution in [0.1, 0.15) is 34.0 Å². The van der Waals surface area contributed by atoms with Gasteiger partial charge in [0.15, 0.2) is 0 Å². The first-order valence-electron chi connectivity index (χ1n) is 9.85. The molecule has 0 spiro atoms. The third-order valence-electron chi connectivity index (χ3n) is 5.49. The second-order valence-electron chi connectivity index (χ2n) is 7.67. The summed E-state index contributed by atoms with van der Waals surface area (Å²) in [6.45, 7) is 5.59. The van der Waals surface area contributed by atoms with Gasteiger partial charge >= 0.3 is 0 Å². The Kier molecular flexibility index (Phi) is 5.38. The molecule has 1 aliphatic rings. The number of Topliss-reactive ketones (excluding diaryl/α,β-unsaturated/α-hetero) is 1. The van der Waals surface area contributed by atoms with Gasteiger partial charge in [0, 0.05) is 22.5 Å². The maximum atomic E-state index is 13.2. The number of pyridine rings is 1. The molecule has 1 aliphatic heterocycles. The summed E-state index contributed by atoms with van der Waals surface area (Å²) in [5.74, 6) is -1.70. The Morgan fingerprint density at radius 1 is 1.00 bits per heavy atom. The second-order valence-corrected chi connectivity index (χ2v) is 8.11. The molecule has 5 nitrogen and oxygen atoms in total. The summed E-state index contributed by atoms with van der Waals surface area (Å²) in [5, 5.41) is 11.7. The number of aliphatic hydroxyl groups is 1. The number of rotatable bonds is 3. The number of benzene rings is 2. The van der Waals surface area contributed by atoms with Crippen LogP contribution in [0.3, 0.4) is 0 Å². The zero-order chi connectivity index (χ0) is 22.3. The molecule has 1 unspecified atom stereocenters. The van der Waals surface area contributed by atoms with Gasteiger partial charge in [-0.3, -0.25) is 19.5 Å². The van der Waals surface area contributed by atoms with Crippen molar-refractivity contribution in [1.29, 1.82) is 0 Å². The number of aromatic nitrogens is 1. The molecule has 1 atom stereocenters. The Hall–Kier alpha value is -3.44. The van der Waals surface area contributed by atoms with Gasteiger partial charge in [0.2, 0.25) is 0 Å². The number of nitrogens with zero attached hydrogens (tertiary/aromatic N) is 2. The third-order valence-corrected chi connectivity index (χ3v) is 5.73. The van der Waals surface area contributed by atoms with Gasteiger partial charge in [-0.15, -0.1) is 0 Å². The zero-order valence-electron chi connectivity index (χ0n) is 17.4. The normalized spacial score (nSPS) is 17.9. The molecular weight excluding hydrogens is 412 g/mol. The highest BCUT2D eigenvalue weighted by Crippen LogP contribution is 2.43. The lowest BCUT2D eigenvalue weighted by molar-refractivity contribution is -0.132. The molecule has 0 radical (unpaired) electrons. The smallest absolute Gasteiger partial charge is 0.300 e. The molecule has 1 fully saturated rings. The number of carbonyl (C=O) groups is 2. The largest absolute Gasteiger partial charge is 0.507 e. The van der Waals surface area contributed by atoms with E-state index in [1.54, 1.807) is 48.7 Å². The first kappa shape index (κ1) is 20.8. The number of anilines is 1. The van der Waals surface area contributed by atoms with Crippen molar-refractivity contribution in [3.05, 3.63) is 99.3 Å². The lowest BCUT2D eigenvalue weighted by atomic mass is 9.95. The highest BCUT2D eigenvalue weighted by molar-refractivity contribution is 6.52. The highest BCUT2D eigenvalue weighted by atomic mass is 35.5. The predicted octanol–water partition coefficient (Wildman–Crippen LogP) is 5.29. The zero-order valence-corrected chi connectivity index (χ0v) is 18.1. The van der Waals surface area contributed by atoms with Gasteiger partial charge < -0.3 is 5.11 Å². The van der Waals surface area contributed by atoms with E-state index in [1.165, 1.54) is 4.90 Å². The Balaban J connectivity index is 2.01. The summed E-state index contributed by atoms with van der Waals surface area (Å²) in [4.78, 5) is 32.2. The van der Waals surface area contributed by atoms with Crippen LogP contribution in [-0.2, 0) is 9.59 Å². The minimum Gasteiger partial charge on any atom is -0.507 e. The Labute approximate surface area is 185 Å². The molecule has 0 saturated carbocycles.